The van der Waals surface area contributed by atoms with Gasteiger partial charge in [-0.15, -0.1) is 0 Å². The van der Waals surface area contributed by atoms with Gasteiger partial charge < -0.3 is 9.47 Å². The summed E-state index contributed by atoms with van der Waals surface area (Å²) >= 11 is 4.57. The third-order valence-electron chi connectivity index (χ3n) is 4.17. The van der Waals surface area contributed by atoms with Crippen molar-refractivity contribution in [1.82, 2.24) is 5.01 Å². The van der Waals surface area contributed by atoms with Crippen molar-refractivity contribution >= 4 is 62.2 Å². The number of nitrogens with one attached hydrogen (secondary N) is 1. The first-order chi connectivity index (χ1) is 14.5. The van der Waals surface area contributed by atoms with Crippen molar-refractivity contribution in [1.29, 1.82) is 5.41 Å². The van der Waals surface area contributed by atoms with Crippen LogP contribution in [-0.2, 0) is 4.79 Å². The van der Waals surface area contributed by atoms with E-state index in [2.05, 4.69) is 26.0 Å². The van der Waals surface area contributed by atoms with E-state index in [4.69, 9.17) is 14.9 Å². The number of benzene rings is 2. The minimum absolute atomic E-state index is 0.0455. The number of thioether (sulfide) groups is 1. The zero-order valence-corrected chi connectivity index (χ0v) is 17.9. The molecular weight excluding hydrogens is 472 g/mol. The van der Waals surface area contributed by atoms with Crippen LogP contribution in [0.4, 0.5) is 0 Å². The number of amidine groups is 2. The lowest BCUT2D eigenvalue weighted by atomic mass is 10.1. The summed E-state index contributed by atoms with van der Waals surface area (Å²) in [7, 11) is 1.52. The fourth-order valence-electron chi connectivity index (χ4n) is 2.70. The number of amides is 1. The molecule has 2 aromatic carbocycles. The number of fused-ring (bicyclic) bond motifs is 1. The Labute approximate surface area is 183 Å². The van der Waals surface area contributed by atoms with Crippen LogP contribution >= 0.6 is 27.7 Å². The number of carbonyl (C=O) groups is 2. The molecule has 10 heteroatoms. The molecule has 30 heavy (non-hydrogen) atoms. The van der Waals surface area contributed by atoms with Gasteiger partial charge in [0, 0.05) is 0 Å². The summed E-state index contributed by atoms with van der Waals surface area (Å²) in [5, 5.41) is 13.9. The van der Waals surface area contributed by atoms with E-state index in [1.165, 1.54) is 29.4 Å². The molecule has 0 aliphatic carbocycles. The van der Waals surface area contributed by atoms with Crippen molar-refractivity contribution < 1.29 is 19.1 Å². The average Bonchev–Trinajstić information content (AvgIpc) is 3.21. The normalized spacial score (nSPS) is 16.5. The summed E-state index contributed by atoms with van der Waals surface area (Å²) in [6.07, 6.45) is 1.54. The van der Waals surface area contributed by atoms with E-state index >= 15 is 0 Å². The molecule has 2 aliphatic heterocycles. The largest absolute Gasteiger partial charge is 0.497 e. The third kappa shape index (κ3) is 3.91. The van der Waals surface area contributed by atoms with Crippen LogP contribution in [0.1, 0.15) is 15.9 Å². The van der Waals surface area contributed by atoms with Crippen LogP contribution in [0.5, 0.6) is 11.5 Å². The first kappa shape index (κ1) is 20.0. The maximum Gasteiger partial charge on any atom is 0.343 e. The summed E-state index contributed by atoms with van der Waals surface area (Å²) in [5.41, 5.74) is 2.62. The van der Waals surface area contributed by atoms with Crippen LogP contribution in [0.25, 0.3) is 6.08 Å². The summed E-state index contributed by atoms with van der Waals surface area (Å²) in [6, 6.07) is 11.6. The van der Waals surface area contributed by atoms with Crippen molar-refractivity contribution in [2.24, 2.45) is 10.1 Å². The molecule has 4 rings (SSSR count). The van der Waals surface area contributed by atoms with Gasteiger partial charge in [-0.25, -0.2) is 4.79 Å². The van der Waals surface area contributed by atoms with Crippen LogP contribution < -0.4 is 9.47 Å². The quantitative estimate of drug-likeness (QED) is 0.400. The highest BCUT2D eigenvalue weighted by Crippen LogP contribution is 2.30. The molecule has 0 atom stereocenters. The second-order valence-electron chi connectivity index (χ2n) is 6.07. The fourth-order valence-corrected chi connectivity index (χ4v) is 3.79. The predicted octanol–water partition coefficient (Wildman–Crippen LogP) is 3.93. The zero-order valence-electron chi connectivity index (χ0n) is 15.5. The first-order valence-electron chi connectivity index (χ1n) is 8.55. The Kier molecular flexibility index (Phi) is 5.51. The molecule has 0 unspecified atom stereocenters. The maximum absolute atomic E-state index is 12.4. The molecule has 0 saturated heterocycles. The lowest BCUT2D eigenvalue weighted by molar-refractivity contribution is -0.114. The van der Waals surface area contributed by atoms with Gasteiger partial charge in [-0.1, -0.05) is 12.1 Å². The SMILES string of the molecule is COc1cccc(C(=O)Oc2ccc(/C=C3/C(=N)N4N=CSC4=NC3=O)cc2Br)c1. The number of ether oxygens (including phenoxy) is 2. The van der Waals surface area contributed by atoms with Crippen LogP contribution in [-0.4, -0.2) is 40.5 Å². The molecule has 1 amide bonds. The van der Waals surface area contributed by atoms with Crippen LogP contribution in [0.15, 0.2) is 62.6 Å². The molecule has 0 bridgehead atoms. The standard InChI is InChI=1S/C20H13BrN4O4S/c1-28-13-4-2-3-12(9-13)19(27)29-16-6-5-11(8-15(16)21)7-14-17(22)25-20(24-18(14)26)30-10-23-25/h2-10,22H,1H3/b14-7-,22-17?. The van der Waals surface area contributed by atoms with E-state index in [-0.39, 0.29) is 11.4 Å². The molecule has 8 nitrogen and oxygen atoms in total. The summed E-state index contributed by atoms with van der Waals surface area (Å²) in [5.74, 6) is -0.214. The lowest BCUT2D eigenvalue weighted by Crippen LogP contribution is -2.35. The second kappa shape index (κ2) is 8.25. The highest BCUT2D eigenvalue weighted by molar-refractivity contribution is 9.10. The smallest absolute Gasteiger partial charge is 0.343 e. The Hall–Kier alpha value is -3.24. The number of hydrazone groups is 1. The topological polar surface area (TPSA) is 104 Å². The molecule has 2 aliphatic rings. The van der Waals surface area contributed by atoms with E-state index in [1.807, 2.05) is 0 Å². The minimum atomic E-state index is -0.531. The van der Waals surface area contributed by atoms with E-state index in [9.17, 15) is 9.59 Å². The number of methoxy groups -OCH3 is 1. The monoisotopic (exact) mass is 484 g/mol. The molecule has 0 fully saturated rings. The van der Waals surface area contributed by atoms with Crippen LogP contribution in [0.2, 0.25) is 0 Å². The fraction of sp³-hybridized carbons (Fsp3) is 0.0500. The minimum Gasteiger partial charge on any atom is -0.497 e. The second-order valence-corrected chi connectivity index (χ2v) is 7.73. The number of hydrogen-bond acceptors (Lipinski definition) is 7. The maximum atomic E-state index is 12.4. The van der Waals surface area contributed by atoms with Crippen molar-refractivity contribution in [2.45, 2.75) is 0 Å². The Balaban J connectivity index is 1.55. The van der Waals surface area contributed by atoms with Crippen molar-refractivity contribution in [3.8, 4) is 11.5 Å². The zero-order chi connectivity index (χ0) is 21.3. The van der Waals surface area contributed by atoms with E-state index < -0.39 is 11.9 Å². The number of hydrogen-bond donors (Lipinski definition) is 1. The molecule has 2 heterocycles. The number of rotatable bonds is 4. The van der Waals surface area contributed by atoms with Crippen LogP contribution in [0.3, 0.4) is 0 Å². The lowest BCUT2D eigenvalue weighted by Gasteiger charge is -2.20. The Bertz CT molecular complexity index is 1180. The third-order valence-corrected chi connectivity index (χ3v) is 5.47. The van der Waals surface area contributed by atoms with Crippen molar-refractivity contribution in [3.05, 3.63) is 63.6 Å². The van der Waals surface area contributed by atoms with Crippen molar-refractivity contribution in [3.63, 3.8) is 0 Å². The summed E-state index contributed by atoms with van der Waals surface area (Å²) in [4.78, 5) is 28.6. The highest BCUT2D eigenvalue weighted by atomic mass is 79.9. The van der Waals surface area contributed by atoms with E-state index in [0.717, 1.165) is 0 Å². The van der Waals surface area contributed by atoms with Gasteiger partial charge in [0.15, 0.2) is 11.0 Å². The predicted molar refractivity (Wildman–Crippen MR) is 118 cm³/mol. The Morgan fingerprint density at radius 1 is 1.27 bits per heavy atom. The molecule has 0 radical (unpaired) electrons. The van der Waals surface area contributed by atoms with Gasteiger partial charge in [-0.3, -0.25) is 10.2 Å². The first-order valence-corrected chi connectivity index (χ1v) is 10.2. The molecule has 0 spiro atoms. The molecule has 0 aromatic heterocycles. The number of esters is 1. The van der Waals surface area contributed by atoms with E-state index in [0.29, 0.717) is 32.3 Å². The van der Waals surface area contributed by atoms with Gasteiger partial charge in [-0.05, 0) is 69.7 Å². The summed E-state index contributed by atoms with van der Waals surface area (Å²) < 4.78 is 11.1. The average molecular weight is 485 g/mol. The number of carbonyl (C=O) groups excluding carboxylic acids is 2. The molecular formula is C20H13BrN4O4S. The number of nitrogens with zero attached hydrogens (tertiary/aromatic N) is 3. The van der Waals surface area contributed by atoms with Gasteiger partial charge in [0.25, 0.3) is 5.91 Å². The Morgan fingerprint density at radius 2 is 2.10 bits per heavy atom. The van der Waals surface area contributed by atoms with Gasteiger partial charge >= 0.3 is 5.97 Å². The van der Waals surface area contributed by atoms with E-state index in [1.54, 1.807) is 48.5 Å². The summed E-state index contributed by atoms with van der Waals surface area (Å²) in [6.45, 7) is 0. The number of aliphatic imine (C=N–C) groups is 1. The molecule has 2 aromatic rings. The van der Waals surface area contributed by atoms with Crippen LogP contribution in [0, 0.1) is 5.41 Å². The molecule has 0 saturated carbocycles. The van der Waals surface area contributed by atoms with Gasteiger partial charge in [0.1, 0.15) is 11.5 Å². The number of halogens is 1. The van der Waals surface area contributed by atoms with Gasteiger partial charge in [-0.2, -0.15) is 15.1 Å². The highest BCUT2D eigenvalue weighted by Gasteiger charge is 2.32. The Morgan fingerprint density at radius 3 is 2.87 bits per heavy atom. The van der Waals surface area contributed by atoms with Crippen molar-refractivity contribution in [2.75, 3.05) is 7.11 Å². The molecule has 150 valence electrons. The van der Waals surface area contributed by atoms with Gasteiger partial charge in [0.2, 0.25) is 0 Å². The molecule has 1 N–H and O–H groups in total. The van der Waals surface area contributed by atoms with Gasteiger partial charge in [0.05, 0.1) is 28.3 Å².